The molecule has 1 saturated carbocycles. The highest BCUT2D eigenvalue weighted by molar-refractivity contribution is 7.96. The third kappa shape index (κ3) is 10.6. The molecule has 3 heterocycles. The lowest BCUT2D eigenvalue weighted by Crippen LogP contribution is -2.57. The van der Waals surface area contributed by atoms with Gasteiger partial charge in [0.15, 0.2) is 0 Å². The molecule has 1 aliphatic carbocycles. The number of benzene rings is 4. The van der Waals surface area contributed by atoms with Gasteiger partial charge in [-0.3, -0.25) is 19.2 Å². The summed E-state index contributed by atoms with van der Waals surface area (Å²) in [6, 6.07) is 30.0. The van der Waals surface area contributed by atoms with Crippen LogP contribution < -0.4 is 17.2 Å². The number of hydrogen-bond acceptors (Lipinski definition) is 16. The number of aliphatic hydroxyl groups is 2. The molecule has 0 radical (unpaired) electrons. The molecule has 3 aliphatic heterocycles. The Kier molecular flexibility index (Phi) is 14.9. The molecular formula is C53H44N4O16S2. The number of carbonyl (C=O) groups is 6. The summed E-state index contributed by atoms with van der Waals surface area (Å²) >= 11 is 0. The fourth-order valence-electron chi connectivity index (χ4n) is 8.04. The molecule has 1 saturated heterocycles. The van der Waals surface area contributed by atoms with Crippen molar-refractivity contribution < 1.29 is 74.8 Å². The van der Waals surface area contributed by atoms with Gasteiger partial charge in [0.05, 0.1) is 22.7 Å². The molecule has 4 aromatic carbocycles. The molecular weight excluding hydrogens is 1010 g/mol. The second-order valence-electron chi connectivity index (χ2n) is 16.6. The first-order valence-corrected chi connectivity index (χ1v) is 25.5. The van der Waals surface area contributed by atoms with Gasteiger partial charge in [0, 0.05) is 31.3 Å². The standard InChI is InChI=1S/C53H44N4O16S2/c1-37(45(59)55(39-23-11-4-12-24-39)74(66,67)54(36-58)38-21-9-3-10-22-38)20-8-2-18-30-43-48(62)70-52(71-49(43)63)32-34-53(35-33-52)72-50(64)44(51(65)73-53)31-19-7-17-29-42-46(60)56(40-25-13-5-14-26-40)75(68,69)57(47(42)61)41-27-15-6-16-28-41/h2-31,36,62,64H,32-35H2,1H3. The van der Waals surface area contributed by atoms with E-state index in [2.05, 4.69) is 0 Å². The quantitative estimate of drug-likeness (QED) is 0.0423. The summed E-state index contributed by atoms with van der Waals surface area (Å²) in [5.74, 6) is -10.1. The number of aliphatic hydroxyl groups excluding tert-OH is 2. The summed E-state index contributed by atoms with van der Waals surface area (Å²) in [6.07, 6.45) is 12.1. The van der Waals surface area contributed by atoms with Gasteiger partial charge in [-0.05, 0) is 73.7 Å². The molecule has 4 amide bonds. The molecule has 0 unspecified atom stereocenters. The van der Waals surface area contributed by atoms with Crippen LogP contribution in [0.15, 0.2) is 216 Å². The van der Waals surface area contributed by atoms with E-state index < -0.39 is 84.7 Å². The predicted octanol–water partition coefficient (Wildman–Crippen LogP) is 7.00. The first-order valence-electron chi connectivity index (χ1n) is 22.7. The predicted molar refractivity (Wildman–Crippen MR) is 271 cm³/mol. The normalized spacial score (nSPS) is 18.7. The number of carbonyl (C=O) groups excluding carboxylic acids is 6. The van der Waals surface area contributed by atoms with Crippen molar-refractivity contribution in [2.75, 3.05) is 17.2 Å². The van der Waals surface area contributed by atoms with Gasteiger partial charge in [-0.25, -0.2) is 9.59 Å². The molecule has 2 N–H and O–H groups in total. The number of hydrogen-bond donors (Lipinski definition) is 2. The smallest absolute Gasteiger partial charge is 0.348 e. The molecule has 384 valence electrons. The van der Waals surface area contributed by atoms with Gasteiger partial charge >= 0.3 is 32.4 Å². The van der Waals surface area contributed by atoms with E-state index in [1.54, 1.807) is 24.3 Å². The number of allylic oxidation sites excluding steroid dienone is 8. The molecule has 2 fully saturated rings. The summed E-state index contributed by atoms with van der Waals surface area (Å²) in [6.45, 7) is 1.37. The van der Waals surface area contributed by atoms with Crippen LogP contribution in [0.3, 0.4) is 0 Å². The zero-order valence-corrected chi connectivity index (χ0v) is 41.1. The highest BCUT2D eigenvalue weighted by Crippen LogP contribution is 2.46. The molecule has 0 bridgehead atoms. The molecule has 2 spiro atoms. The van der Waals surface area contributed by atoms with Crippen LogP contribution in [-0.4, -0.2) is 74.7 Å². The monoisotopic (exact) mass is 1060 g/mol. The largest absolute Gasteiger partial charge is 0.480 e. The Morgan fingerprint density at radius 2 is 1.01 bits per heavy atom. The number of nitrogens with zero attached hydrogens (tertiary/aromatic N) is 4. The van der Waals surface area contributed by atoms with E-state index in [-0.39, 0.29) is 66.0 Å². The Labute approximate surface area is 429 Å². The second kappa shape index (κ2) is 21.4. The van der Waals surface area contributed by atoms with Crippen LogP contribution >= 0.6 is 0 Å². The number of amides is 4. The lowest BCUT2D eigenvalue weighted by atomic mass is 9.87. The van der Waals surface area contributed by atoms with Gasteiger partial charge in [-0.2, -0.15) is 34.1 Å². The van der Waals surface area contributed by atoms with Crippen molar-refractivity contribution in [3.05, 3.63) is 216 Å². The van der Waals surface area contributed by atoms with Gasteiger partial charge in [0.1, 0.15) is 16.7 Å². The maximum Gasteiger partial charge on any atom is 0.348 e. The Morgan fingerprint density at radius 1 is 0.600 bits per heavy atom. The lowest BCUT2D eigenvalue weighted by Gasteiger charge is -2.46. The maximum absolute atomic E-state index is 13.8. The van der Waals surface area contributed by atoms with Crippen molar-refractivity contribution >= 4 is 79.2 Å². The first-order chi connectivity index (χ1) is 35.9. The number of para-hydroxylation sites is 4. The average molecular weight is 1060 g/mol. The highest BCUT2D eigenvalue weighted by atomic mass is 32.2. The third-order valence-electron chi connectivity index (χ3n) is 11.7. The van der Waals surface area contributed by atoms with E-state index in [4.69, 9.17) is 18.9 Å². The number of rotatable bonds is 14. The number of anilines is 4. The van der Waals surface area contributed by atoms with Crippen LogP contribution in [0, 0.1) is 0 Å². The highest BCUT2D eigenvalue weighted by Gasteiger charge is 2.55. The van der Waals surface area contributed by atoms with Crippen molar-refractivity contribution in [3.63, 3.8) is 0 Å². The van der Waals surface area contributed by atoms with E-state index in [9.17, 15) is 55.8 Å². The summed E-state index contributed by atoms with van der Waals surface area (Å²) in [5.41, 5.74) is -1.32. The Morgan fingerprint density at radius 3 is 1.44 bits per heavy atom. The third-order valence-corrected chi connectivity index (χ3v) is 15.1. The minimum atomic E-state index is -4.78. The van der Waals surface area contributed by atoms with E-state index in [1.165, 1.54) is 153 Å². The van der Waals surface area contributed by atoms with Crippen LogP contribution in [-0.2, 0) is 68.1 Å². The maximum atomic E-state index is 13.8. The molecule has 0 aromatic heterocycles. The summed E-state index contributed by atoms with van der Waals surface area (Å²) in [4.78, 5) is 79.4. The van der Waals surface area contributed by atoms with Crippen molar-refractivity contribution in [2.24, 2.45) is 0 Å². The lowest BCUT2D eigenvalue weighted by molar-refractivity contribution is -0.302. The SMILES string of the molecule is CC(=CC=CC=CC1=C(O)OC2(CCC3(CC2)OC(=O)C(C=CC=CC=C2C(=O)N(c4ccccc4)S(=O)(=O)N(c4ccccc4)C2=O)=C(O)O3)OC1=O)C(=O)N(c1ccccc1)S(=O)(=O)N(C=O)c1ccccc1. The molecule has 0 atom stereocenters. The van der Waals surface area contributed by atoms with Gasteiger partial charge in [-0.15, -0.1) is 0 Å². The summed E-state index contributed by atoms with van der Waals surface area (Å²) in [7, 11) is -9.49. The molecule has 4 aliphatic rings. The topological polar surface area (TPSA) is 261 Å². The van der Waals surface area contributed by atoms with Crippen LogP contribution in [0.1, 0.15) is 32.6 Å². The van der Waals surface area contributed by atoms with E-state index >= 15 is 0 Å². The first kappa shape index (κ1) is 52.1. The van der Waals surface area contributed by atoms with Gasteiger partial charge < -0.3 is 29.2 Å². The van der Waals surface area contributed by atoms with Crippen LogP contribution in [0.4, 0.5) is 22.7 Å². The summed E-state index contributed by atoms with van der Waals surface area (Å²) in [5, 5.41) is 21.7. The fraction of sp³-hybridized carbons (Fsp3) is 0.132. The van der Waals surface area contributed by atoms with Crippen LogP contribution in [0.25, 0.3) is 0 Å². The van der Waals surface area contributed by atoms with Crippen LogP contribution in [0.5, 0.6) is 0 Å². The van der Waals surface area contributed by atoms with Gasteiger partial charge in [-0.1, -0.05) is 115 Å². The van der Waals surface area contributed by atoms with Gasteiger partial charge in [0.2, 0.25) is 6.41 Å². The van der Waals surface area contributed by atoms with E-state index in [0.29, 0.717) is 17.2 Å². The molecule has 22 heteroatoms. The molecule has 4 aromatic rings. The van der Waals surface area contributed by atoms with E-state index in [1.807, 2.05) is 0 Å². The zero-order chi connectivity index (χ0) is 53.5. The molecule has 20 nitrogen and oxygen atoms in total. The van der Waals surface area contributed by atoms with Gasteiger partial charge in [0.25, 0.3) is 41.2 Å². The molecule has 8 rings (SSSR count). The van der Waals surface area contributed by atoms with Crippen molar-refractivity contribution in [1.29, 1.82) is 0 Å². The van der Waals surface area contributed by atoms with Crippen LogP contribution in [0.2, 0.25) is 0 Å². The minimum absolute atomic E-state index is 0.00195. The Balaban J connectivity index is 0.895. The minimum Gasteiger partial charge on any atom is -0.480 e. The van der Waals surface area contributed by atoms with Crippen molar-refractivity contribution in [3.8, 4) is 0 Å². The Hall–Kier alpha value is -9.28. The molecule has 75 heavy (non-hydrogen) atoms. The number of esters is 2. The Bertz CT molecular complexity index is 3350. The number of ether oxygens (including phenoxy) is 4. The van der Waals surface area contributed by atoms with Crippen molar-refractivity contribution in [2.45, 2.75) is 44.2 Å². The fourth-order valence-corrected chi connectivity index (χ4v) is 11.0. The summed E-state index contributed by atoms with van der Waals surface area (Å²) < 4.78 is 79.6. The zero-order valence-electron chi connectivity index (χ0n) is 39.4. The van der Waals surface area contributed by atoms with Crippen molar-refractivity contribution in [1.82, 2.24) is 0 Å². The average Bonchev–Trinajstić information content (AvgIpc) is 3.38. The van der Waals surface area contributed by atoms with E-state index in [0.717, 1.165) is 12.2 Å². The second-order valence-corrected chi connectivity index (χ2v) is 19.9.